The molecule has 1 heterocycles. The van der Waals surface area contributed by atoms with Crippen LogP contribution in [0.2, 0.25) is 0 Å². The smallest absolute Gasteiger partial charge is 0.237 e. The van der Waals surface area contributed by atoms with E-state index >= 15 is 0 Å². The normalized spacial score (nSPS) is 23.1. The number of nitrogens with two attached hydrogens (primary N) is 2. The first-order valence-corrected chi connectivity index (χ1v) is 7.88. The minimum atomic E-state index is -0.858. The highest BCUT2D eigenvalue weighted by atomic mass is 16.1. The first-order chi connectivity index (χ1) is 9.36. The predicted octanol–water partition coefficient (Wildman–Crippen LogP) is 0.776. The highest BCUT2D eigenvalue weighted by molar-refractivity contribution is 5.83. The summed E-state index contributed by atoms with van der Waals surface area (Å²) in [5.74, 6) is -0.407. The molecule has 1 saturated heterocycles. The Bertz CT molecular complexity index is 306. The molecule has 2 unspecified atom stereocenters. The molecule has 1 amide bonds. The second-order valence-electron chi connectivity index (χ2n) is 6.43. The Balaban J connectivity index is 2.17. The number of primary amides is 1. The number of unbranched alkanes of at least 4 members (excludes halogenated alkanes) is 1. The lowest BCUT2D eigenvalue weighted by atomic mass is 9.95. The van der Waals surface area contributed by atoms with E-state index in [1.165, 1.54) is 19.4 Å². The number of likely N-dealkylation sites (tertiary alicyclic amines) is 1. The Kier molecular flexibility index (Phi) is 6.92. The number of rotatable bonds is 9. The lowest BCUT2D eigenvalue weighted by Crippen LogP contribution is -2.49. The van der Waals surface area contributed by atoms with Gasteiger partial charge in [-0.3, -0.25) is 9.69 Å². The number of likely N-dealkylation sites (N-methyl/N-ethyl adjacent to an activating group) is 2. The third-order valence-electron chi connectivity index (χ3n) is 4.48. The van der Waals surface area contributed by atoms with E-state index < -0.39 is 11.4 Å². The van der Waals surface area contributed by atoms with Crippen molar-refractivity contribution in [3.63, 3.8) is 0 Å². The first kappa shape index (κ1) is 17.4. The number of hydrogen-bond acceptors (Lipinski definition) is 4. The average molecular weight is 284 g/mol. The Labute approximate surface area is 123 Å². The summed E-state index contributed by atoms with van der Waals surface area (Å²) in [4.78, 5) is 16.1. The minimum absolute atomic E-state index is 0.407. The van der Waals surface area contributed by atoms with Gasteiger partial charge in [0.25, 0.3) is 0 Å². The van der Waals surface area contributed by atoms with Gasteiger partial charge in [-0.15, -0.1) is 0 Å². The highest BCUT2D eigenvalue weighted by Gasteiger charge is 2.25. The van der Waals surface area contributed by atoms with Crippen LogP contribution in [-0.2, 0) is 4.79 Å². The van der Waals surface area contributed by atoms with Crippen LogP contribution in [0.1, 0.15) is 46.0 Å². The van der Waals surface area contributed by atoms with Gasteiger partial charge in [-0.25, -0.2) is 0 Å². The molecular formula is C15H32N4O. The summed E-state index contributed by atoms with van der Waals surface area (Å²) in [7, 11) is 2.18. The molecule has 1 aliphatic heterocycles. The van der Waals surface area contributed by atoms with E-state index in [9.17, 15) is 4.79 Å². The van der Waals surface area contributed by atoms with Crippen LogP contribution in [0.3, 0.4) is 0 Å². The predicted molar refractivity (Wildman–Crippen MR) is 83.4 cm³/mol. The van der Waals surface area contributed by atoms with Crippen molar-refractivity contribution in [3.05, 3.63) is 0 Å². The molecule has 5 nitrogen and oxygen atoms in total. The maximum Gasteiger partial charge on any atom is 0.237 e. The van der Waals surface area contributed by atoms with Gasteiger partial charge in [0.15, 0.2) is 0 Å². The van der Waals surface area contributed by atoms with Crippen LogP contribution in [0.15, 0.2) is 0 Å². The molecule has 1 rings (SSSR count). The second kappa shape index (κ2) is 7.96. The van der Waals surface area contributed by atoms with Gasteiger partial charge in [0, 0.05) is 12.6 Å². The maximum atomic E-state index is 11.1. The van der Waals surface area contributed by atoms with Gasteiger partial charge in [0.1, 0.15) is 0 Å². The van der Waals surface area contributed by atoms with Gasteiger partial charge < -0.3 is 16.4 Å². The van der Waals surface area contributed by atoms with E-state index in [1.54, 1.807) is 6.92 Å². The van der Waals surface area contributed by atoms with Crippen molar-refractivity contribution in [3.8, 4) is 0 Å². The average Bonchev–Trinajstić information content (AvgIpc) is 2.81. The van der Waals surface area contributed by atoms with Crippen molar-refractivity contribution >= 4 is 5.91 Å². The summed E-state index contributed by atoms with van der Waals surface area (Å²) in [5.41, 5.74) is 10.3. The third kappa shape index (κ3) is 5.38. The van der Waals surface area contributed by atoms with E-state index in [0.717, 1.165) is 38.5 Å². The molecule has 0 radical (unpaired) electrons. The van der Waals surface area contributed by atoms with Gasteiger partial charge >= 0.3 is 0 Å². The van der Waals surface area contributed by atoms with Crippen LogP contribution in [0.4, 0.5) is 0 Å². The topological polar surface area (TPSA) is 75.6 Å². The number of carbonyl (C=O) groups excluding carboxylic acids is 1. The summed E-state index contributed by atoms with van der Waals surface area (Å²) >= 11 is 0. The Hall–Kier alpha value is -0.650. The van der Waals surface area contributed by atoms with Crippen molar-refractivity contribution in [2.24, 2.45) is 11.5 Å². The van der Waals surface area contributed by atoms with Crippen molar-refractivity contribution < 1.29 is 4.79 Å². The van der Waals surface area contributed by atoms with Gasteiger partial charge in [-0.05, 0) is 65.7 Å². The first-order valence-electron chi connectivity index (χ1n) is 7.88. The zero-order chi connectivity index (χ0) is 15.2. The van der Waals surface area contributed by atoms with Gasteiger partial charge in [0.2, 0.25) is 5.91 Å². The fraction of sp³-hybridized carbons (Fsp3) is 0.933. The molecule has 4 N–H and O–H groups in total. The van der Waals surface area contributed by atoms with Crippen LogP contribution in [0, 0.1) is 0 Å². The number of carbonyl (C=O) groups is 1. The molecule has 1 fully saturated rings. The molecule has 118 valence electrons. The summed E-state index contributed by atoms with van der Waals surface area (Å²) in [6.07, 6.45) is 5.33. The van der Waals surface area contributed by atoms with E-state index in [2.05, 4.69) is 23.8 Å². The van der Waals surface area contributed by atoms with Crippen molar-refractivity contribution in [1.82, 2.24) is 9.80 Å². The number of hydrogen-bond donors (Lipinski definition) is 2. The van der Waals surface area contributed by atoms with E-state index in [1.807, 2.05) is 0 Å². The molecular weight excluding hydrogens is 252 g/mol. The van der Waals surface area contributed by atoms with E-state index in [4.69, 9.17) is 11.5 Å². The maximum absolute atomic E-state index is 11.1. The summed E-state index contributed by atoms with van der Waals surface area (Å²) in [6, 6.07) is 0.718. The molecule has 0 spiro atoms. The zero-order valence-corrected chi connectivity index (χ0v) is 13.4. The largest absolute Gasteiger partial charge is 0.368 e. The zero-order valence-electron chi connectivity index (χ0n) is 13.4. The van der Waals surface area contributed by atoms with Crippen molar-refractivity contribution in [2.75, 3.05) is 33.2 Å². The van der Waals surface area contributed by atoms with E-state index in [-0.39, 0.29) is 0 Å². The molecule has 0 aromatic rings. The molecule has 20 heavy (non-hydrogen) atoms. The number of amides is 1. The summed E-state index contributed by atoms with van der Waals surface area (Å²) in [6.45, 7) is 8.56. The van der Waals surface area contributed by atoms with Gasteiger partial charge in [0.05, 0.1) is 5.54 Å². The highest BCUT2D eigenvalue weighted by Crippen LogP contribution is 2.17. The monoisotopic (exact) mass is 284 g/mol. The second-order valence-corrected chi connectivity index (χ2v) is 6.43. The standard InChI is InChI=1S/C15H32N4O/c1-4-19-11-7-8-13(19)12-18(3)10-6-5-9-15(2,17)14(16)20/h13H,4-12,17H2,1-3H3,(H2,16,20). The van der Waals surface area contributed by atoms with Crippen molar-refractivity contribution in [2.45, 2.75) is 57.5 Å². The van der Waals surface area contributed by atoms with Crippen LogP contribution >= 0.6 is 0 Å². The van der Waals surface area contributed by atoms with Crippen LogP contribution in [0.25, 0.3) is 0 Å². The molecule has 0 bridgehead atoms. The molecule has 1 aliphatic rings. The lowest BCUT2D eigenvalue weighted by Gasteiger charge is -2.28. The molecule has 0 aliphatic carbocycles. The molecule has 2 atom stereocenters. The Morgan fingerprint density at radius 2 is 2.15 bits per heavy atom. The SMILES string of the molecule is CCN1CCCC1CN(C)CCCCC(C)(N)C(N)=O. The van der Waals surface area contributed by atoms with Crippen molar-refractivity contribution in [1.29, 1.82) is 0 Å². The van der Waals surface area contributed by atoms with Crippen LogP contribution < -0.4 is 11.5 Å². The Morgan fingerprint density at radius 1 is 1.45 bits per heavy atom. The summed E-state index contributed by atoms with van der Waals surface area (Å²) in [5, 5.41) is 0. The van der Waals surface area contributed by atoms with Crippen LogP contribution in [-0.4, -0.2) is 60.5 Å². The van der Waals surface area contributed by atoms with E-state index in [0.29, 0.717) is 6.42 Å². The third-order valence-corrected chi connectivity index (χ3v) is 4.48. The summed E-state index contributed by atoms with van der Waals surface area (Å²) < 4.78 is 0. The fourth-order valence-electron chi connectivity index (χ4n) is 2.97. The molecule has 0 saturated carbocycles. The van der Waals surface area contributed by atoms with Crippen LogP contribution in [0.5, 0.6) is 0 Å². The molecule has 0 aromatic carbocycles. The quantitative estimate of drug-likeness (QED) is 0.613. The molecule has 5 heteroatoms. The minimum Gasteiger partial charge on any atom is -0.368 e. The fourth-order valence-corrected chi connectivity index (χ4v) is 2.97. The molecule has 0 aromatic heterocycles. The Morgan fingerprint density at radius 3 is 2.75 bits per heavy atom. The van der Waals surface area contributed by atoms with Gasteiger partial charge in [-0.2, -0.15) is 0 Å². The lowest BCUT2D eigenvalue weighted by molar-refractivity contribution is -0.122. The number of nitrogens with zero attached hydrogens (tertiary/aromatic N) is 2. The van der Waals surface area contributed by atoms with Gasteiger partial charge in [-0.1, -0.05) is 6.92 Å².